The van der Waals surface area contributed by atoms with Gasteiger partial charge < -0.3 is 9.47 Å². The minimum atomic E-state index is -0.358. The number of fused-ring (bicyclic) bond motifs is 3. The van der Waals surface area contributed by atoms with Gasteiger partial charge in [-0.3, -0.25) is 0 Å². The molecule has 0 aliphatic carbocycles. The number of benzene rings is 3. The fraction of sp³-hybridized carbons (Fsp3) is 0.174. The third-order valence-corrected chi connectivity index (χ3v) is 5.82. The van der Waals surface area contributed by atoms with E-state index in [1.807, 2.05) is 65.7 Å². The zero-order chi connectivity index (χ0) is 20.0. The number of halogens is 2. The maximum absolute atomic E-state index is 6.50. The van der Waals surface area contributed by atoms with E-state index in [0.29, 0.717) is 15.8 Å². The Morgan fingerprint density at radius 1 is 1.03 bits per heavy atom. The molecule has 0 aromatic heterocycles. The molecular formula is C23H18Cl2N2O2. The molecule has 0 saturated carbocycles. The van der Waals surface area contributed by atoms with Gasteiger partial charge in [-0.15, -0.1) is 0 Å². The van der Waals surface area contributed by atoms with Gasteiger partial charge in [0.05, 0.1) is 23.9 Å². The number of rotatable bonds is 3. The number of nitrogens with zero attached hydrogens (tertiary/aromatic N) is 2. The molecule has 0 unspecified atom stereocenters. The van der Waals surface area contributed by atoms with E-state index in [9.17, 15) is 0 Å². The molecule has 6 heteroatoms. The molecule has 0 radical (unpaired) electrons. The van der Waals surface area contributed by atoms with Crippen LogP contribution in [0.25, 0.3) is 0 Å². The summed E-state index contributed by atoms with van der Waals surface area (Å²) in [5, 5.41) is 8.08. The molecule has 0 bridgehead atoms. The number of hydrogen-bond acceptors (Lipinski definition) is 4. The molecule has 0 amide bonds. The summed E-state index contributed by atoms with van der Waals surface area (Å²) in [5.74, 6) is 1.50. The predicted octanol–water partition coefficient (Wildman–Crippen LogP) is 6.24. The number of methoxy groups -OCH3 is 1. The van der Waals surface area contributed by atoms with E-state index in [0.717, 1.165) is 34.6 Å². The monoisotopic (exact) mass is 424 g/mol. The third kappa shape index (κ3) is 3.22. The first-order valence-electron chi connectivity index (χ1n) is 9.35. The highest BCUT2D eigenvalue weighted by Gasteiger charge is 2.42. The smallest absolute Gasteiger partial charge is 0.213 e. The molecule has 0 N–H and O–H groups in total. The van der Waals surface area contributed by atoms with Crippen LogP contribution in [0.2, 0.25) is 10.0 Å². The third-order valence-electron chi connectivity index (χ3n) is 5.32. The zero-order valence-electron chi connectivity index (χ0n) is 15.7. The highest BCUT2D eigenvalue weighted by atomic mass is 35.5. The summed E-state index contributed by atoms with van der Waals surface area (Å²) in [6.45, 7) is 0. The van der Waals surface area contributed by atoms with Gasteiger partial charge in [-0.1, -0.05) is 53.5 Å². The van der Waals surface area contributed by atoms with Crippen LogP contribution in [-0.2, 0) is 0 Å². The van der Waals surface area contributed by atoms with E-state index >= 15 is 0 Å². The summed E-state index contributed by atoms with van der Waals surface area (Å²) in [6.07, 6.45) is 0.381. The molecule has 29 heavy (non-hydrogen) atoms. The average Bonchev–Trinajstić information content (AvgIpc) is 3.20. The van der Waals surface area contributed by atoms with Crippen LogP contribution in [0, 0.1) is 0 Å². The minimum Gasteiger partial charge on any atom is -0.497 e. The molecule has 0 spiro atoms. The summed E-state index contributed by atoms with van der Waals surface area (Å²) < 4.78 is 11.6. The van der Waals surface area contributed by atoms with Gasteiger partial charge in [-0.2, -0.15) is 5.10 Å². The van der Waals surface area contributed by atoms with Gasteiger partial charge in [0, 0.05) is 22.6 Å². The van der Waals surface area contributed by atoms with Crippen LogP contribution in [0.15, 0.2) is 71.8 Å². The summed E-state index contributed by atoms with van der Waals surface area (Å²) in [5.41, 5.74) is 4.03. The van der Waals surface area contributed by atoms with E-state index in [2.05, 4.69) is 0 Å². The van der Waals surface area contributed by atoms with E-state index in [4.69, 9.17) is 37.8 Å². The van der Waals surface area contributed by atoms with Crippen molar-refractivity contribution >= 4 is 28.9 Å². The Morgan fingerprint density at radius 3 is 2.52 bits per heavy atom. The predicted molar refractivity (Wildman–Crippen MR) is 115 cm³/mol. The van der Waals surface area contributed by atoms with Gasteiger partial charge in [0.2, 0.25) is 6.23 Å². The van der Waals surface area contributed by atoms with Gasteiger partial charge in [0.1, 0.15) is 11.5 Å². The van der Waals surface area contributed by atoms with E-state index in [-0.39, 0.29) is 12.3 Å². The Balaban J connectivity index is 1.60. The Kier molecular flexibility index (Phi) is 4.61. The molecule has 5 rings (SSSR count). The maximum atomic E-state index is 6.50. The van der Waals surface area contributed by atoms with Crippen molar-refractivity contribution in [2.45, 2.75) is 18.7 Å². The molecule has 4 nitrogen and oxygen atoms in total. The fourth-order valence-electron chi connectivity index (χ4n) is 3.91. The maximum Gasteiger partial charge on any atom is 0.213 e. The lowest BCUT2D eigenvalue weighted by molar-refractivity contribution is -0.0189. The Bertz CT molecular complexity index is 1080. The highest BCUT2D eigenvalue weighted by Crippen LogP contribution is 2.50. The van der Waals surface area contributed by atoms with Crippen LogP contribution in [0.1, 0.15) is 35.4 Å². The summed E-state index contributed by atoms with van der Waals surface area (Å²) in [4.78, 5) is 0. The first-order valence-corrected chi connectivity index (χ1v) is 10.1. The number of hydrogen-bond donors (Lipinski definition) is 0. The topological polar surface area (TPSA) is 34.1 Å². The van der Waals surface area contributed by atoms with Crippen molar-refractivity contribution in [2.24, 2.45) is 5.10 Å². The molecule has 2 aliphatic heterocycles. The van der Waals surface area contributed by atoms with Crippen molar-refractivity contribution in [1.29, 1.82) is 0 Å². The first-order chi connectivity index (χ1) is 14.1. The van der Waals surface area contributed by atoms with Crippen LogP contribution < -0.4 is 9.47 Å². The second-order valence-electron chi connectivity index (χ2n) is 7.06. The second kappa shape index (κ2) is 7.29. The lowest BCUT2D eigenvalue weighted by Gasteiger charge is -2.38. The van der Waals surface area contributed by atoms with Crippen molar-refractivity contribution in [2.75, 3.05) is 7.11 Å². The lowest BCUT2D eigenvalue weighted by Crippen LogP contribution is -2.33. The highest BCUT2D eigenvalue weighted by molar-refractivity contribution is 6.35. The standard InChI is InChI=1S/C23H18Cl2N2O2/c1-28-17-9-7-14(8-10-17)20-13-21-18-11-16(24)12-19(25)22(18)29-23(27(21)26-20)15-5-3-2-4-6-15/h2-12,21,23H,13H2,1H3/t21-,23+/m0/s1. The van der Waals surface area contributed by atoms with E-state index in [1.165, 1.54) is 0 Å². The Labute approximate surface area is 179 Å². The summed E-state index contributed by atoms with van der Waals surface area (Å²) >= 11 is 12.8. The molecule has 0 fully saturated rings. The van der Waals surface area contributed by atoms with Crippen molar-refractivity contribution in [3.63, 3.8) is 0 Å². The number of ether oxygens (including phenoxy) is 2. The quantitative estimate of drug-likeness (QED) is 0.498. The van der Waals surface area contributed by atoms with Crippen LogP contribution in [0.3, 0.4) is 0 Å². The largest absolute Gasteiger partial charge is 0.497 e. The lowest BCUT2D eigenvalue weighted by atomic mass is 9.96. The van der Waals surface area contributed by atoms with Crippen molar-refractivity contribution < 1.29 is 9.47 Å². The molecule has 3 aromatic carbocycles. The Hall–Kier alpha value is -2.69. The summed E-state index contributed by atoms with van der Waals surface area (Å²) in [6, 6.07) is 21.7. The molecular weight excluding hydrogens is 407 g/mol. The first kappa shape index (κ1) is 18.3. The SMILES string of the molecule is COc1ccc(C2=NN3[C@@H](c4ccccc4)Oc4c(Cl)cc(Cl)cc4[C@@H]3C2)cc1. The van der Waals surface area contributed by atoms with Crippen molar-refractivity contribution in [3.05, 3.63) is 93.5 Å². The molecule has 2 aliphatic rings. The van der Waals surface area contributed by atoms with Crippen molar-refractivity contribution in [3.8, 4) is 11.5 Å². The van der Waals surface area contributed by atoms with Gasteiger partial charge in [0.15, 0.2) is 0 Å². The van der Waals surface area contributed by atoms with Gasteiger partial charge in [-0.25, -0.2) is 5.01 Å². The van der Waals surface area contributed by atoms with Crippen LogP contribution in [0.5, 0.6) is 11.5 Å². The molecule has 2 atom stereocenters. The van der Waals surface area contributed by atoms with E-state index < -0.39 is 0 Å². The molecule has 0 saturated heterocycles. The van der Waals surface area contributed by atoms with Gasteiger partial charge in [-0.05, 0) is 42.0 Å². The molecule has 2 heterocycles. The van der Waals surface area contributed by atoms with Crippen LogP contribution in [-0.4, -0.2) is 17.8 Å². The normalized spacial score (nSPS) is 19.8. The van der Waals surface area contributed by atoms with Crippen LogP contribution >= 0.6 is 23.2 Å². The zero-order valence-corrected chi connectivity index (χ0v) is 17.2. The van der Waals surface area contributed by atoms with Gasteiger partial charge >= 0.3 is 0 Å². The number of hydrazone groups is 1. The van der Waals surface area contributed by atoms with E-state index in [1.54, 1.807) is 13.2 Å². The second-order valence-corrected chi connectivity index (χ2v) is 7.91. The van der Waals surface area contributed by atoms with Crippen LogP contribution in [0.4, 0.5) is 0 Å². The average molecular weight is 425 g/mol. The summed E-state index contributed by atoms with van der Waals surface area (Å²) in [7, 11) is 1.66. The molecule has 146 valence electrons. The Morgan fingerprint density at radius 2 is 1.79 bits per heavy atom. The molecule has 3 aromatic rings. The minimum absolute atomic E-state index is 0.00254. The van der Waals surface area contributed by atoms with Gasteiger partial charge in [0.25, 0.3) is 0 Å². The fourth-order valence-corrected chi connectivity index (χ4v) is 4.46. The van der Waals surface area contributed by atoms with Crippen molar-refractivity contribution in [1.82, 2.24) is 5.01 Å².